The third kappa shape index (κ3) is 2.42. The number of ether oxygens (including phenoxy) is 2. The summed E-state index contributed by atoms with van der Waals surface area (Å²) < 4.78 is 10.1. The van der Waals surface area contributed by atoms with Crippen LogP contribution in [0.2, 0.25) is 0 Å². The van der Waals surface area contributed by atoms with E-state index in [4.69, 9.17) is 4.74 Å². The van der Waals surface area contributed by atoms with Gasteiger partial charge in [-0.05, 0) is 0 Å². The molecule has 2 unspecified atom stereocenters. The molecule has 4 heteroatoms. The topological polar surface area (TPSA) is 47.6 Å². The van der Waals surface area contributed by atoms with Crippen molar-refractivity contribution in [1.29, 1.82) is 0 Å². The van der Waals surface area contributed by atoms with Crippen molar-refractivity contribution in [2.24, 2.45) is 5.41 Å². The zero-order chi connectivity index (χ0) is 10.1. The minimum absolute atomic E-state index is 0.00275. The van der Waals surface area contributed by atoms with Gasteiger partial charge in [-0.15, -0.1) is 0 Å². The number of nitrogens with one attached hydrogen (secondary N) is 1. The van der Waals surface area contributed by atoms with Gasteiger partial charge >= 0.3 is 5.97 Å². The molecule has 0 aliphatic carbocycles. The fourth-order valence-corrected chi connectivity index (χ4v) is 1.25. The zero-order valence-corrected chi connectivity index (χ0v) is 8.59. The molecule has 1 rings (SSSR count). The summed E-state index contributed by atoms with van der Waals surface area (Å²) in [5.41, 5.74) is 0.00275. The van der Waals surface area contributed by atoms with Gasteiger partial charge in [0.05, 0.1) is 13.7 Å². The average molecular weight is 187 g/mol. The van der Waals surface area contributed by atoms with Gasteiger partial charge < -0.3 is 9.47 Å². The van der Waals surface area contributed by atoms with Crippen LogP contribution in [0.5, 0.6) is 0 Å². The van der Waals surface area contributed by atoms with Crippen LogP contribution in [0.25, 0.3) is 0 Å². The van der Waals surface area contributed by atoms with E-state index in [1.807, 2.05) is 0 Å². The SMILES string of the molecule is COC(=O)C1COC(C(C)(C)C)N1. The molecule has 4 nitrogen and oxygen atoms in total. The van der Waals surface area contributed by atoms with Crippen LogP contribution in [0.15, 0.2) is 0 Å². The van der Waals surface area contributed by atoms with E-state index in [0.717, 1.165) is 0 Å². The molecule has 1 heterocycles. The van der Waals surface area contributed by atoms with Gasteiger partial charge in [0, 0.05) is 5.41 Å². The summed E-state index contributed by atoms with van der Waals surface area (Å²) in [7, 11) is 1.38. The first-order valence-electron chi connectivity index (χ1n) is 4.40. The minimum atomic E-state index is -0.311. The molecule has 0 saturated carbocycles. The Morgan fingerprint density at radius 1 is 1.54 bits per heavy atom. The second kappa shape index (κ2) is 3.64. The number of carbonyl (C=O) groups is 1. The lowest BCUT2D eigenvalue weighted by atomic mass is 9.94. The normalized spacial score (nSPS) is 28.9. The molecule has 0 bridgehead atoms. The monoisotopic (exact) mass is 187 g/mol. The first kappa shape index (κ1) is 10.5. The van der Waals surface area contributed by atoms with E-state index >= 15 is 0 Å². The molecule has 1 fully saturated rings. The summed E-state index contributed by atoms with van der Waals surface area (Å²) in [5.74, 6) is -0.258. The Kier molecular flexibility index (Phi) is 2.93. The lowest BCUT2D eigenvalue weighted by Gasteiger charge is -2.26. The van der Waals surface area contributed by atoms with Crippen molar-refractivity contribution >= 4 is 5.97 Å². The third-order valence-electron chi connectivity index (χ3n) is 2.05. The Bertz CT molecular complexity index is 198. The smallest absolute Gasteiger partial charge is 0.325 e. The summed E-state index contributed by atoms with van der Waals surface area (Å²) in [4.78, 5) is 11.1. The maximum absolute atomic E-state index is 11.1. The molecule has 0 aromatic heterocycles. The number of hydrogen-bond acceptors (Lipinski definition) is 4. The van der Waals surface area contributed by atoms with Crippen LogP contribution in [0, 0.1) is 5.41 Å². The van der Waals surface area contributed by atoms with Crippen molar-refractivity contribution in [2.75, 3.05) is 13.7 Å². The number of esters is 1. The van der Waals surface area contributed by atoms with Crippen molar-refractivity contribution in [3.8, 4) is 0 Å². The van der Waals surface area contributed by atoms with Crippen LogP contribution < -0.4 is 5.32 Å². The molecule has 2 atom stereocenters. The van der Waals surface area contributed by atoms with E-state index in [9.17, 15) is 4.79 Å². The molecule has 0 amide bonds. The number of rotatable bonds is 1. The predicted molar refractivity (Wildman–Crippen MR) is 48.1 cm³/mol. The van der Waals surface area contributed by atoms with Gasteiger partial charge in [-0.2, -0.15) is 0 Å². The van der Waals surface area contributed by atoms with Crippen LogP contribution >= 0.6 is 0 Å². The molecule has 1 saturated heterocycles. The largest absolute Gasteiger partial charge is 0.468 e. The Balaban J connectivity index is 2.50. The van der Waals surface area contributed by atoms with E-state index < -0.39 is 0 Å². The highest BCUT2D eigenvalue weighted by molar-refractivity contribution is 5.76. The fourth-order valence-electron chi connectivity index (χ4n) is 1.25. The first-order chi connectivity index (χ1) is 5.95. The molecule has 1 aliphatic rings. The Morgan fingerprint density at radius 3 is 2.54 bits per heavy atom. The van der Waals surface area contributed by atoms with Gasteiger partial charge in [-0.1, -0.05) is 20.8 Å². The summed E-state index contributed by atoms with van der Waals surface area (Å²) in [6, 6.07) is -0.311. The summed E-state index contributed by atoms with van der Waals surface area (Å²) in [6.45, 7) is 6.58. The Labute approximate surface area is 78.6 Å². The summed E-state index contributed by atoms with van der Waals surface area (Å²) >= 11 is 0. The lowest BCUT2D eigenvalue weighted by Crippen LogP contribution is -2.43. The standard InChI is InChI=1S/C9H17NO3/c1-9(2,3)8-10-6(5-13-8)7(11)12-4/h6,8,10H,5H2,1-4H3. The average Bonchev–Trinajstić information content (AvgIpc) is 2.50. The van der Waals surface area contributed by atoms with E-state index in [0.29, 0.717) is 6.61 Å². The second-order valence-electron chi connectivity index (χ2n) is 4.32. The highest BCUT2D eigenvalue weighted by atomic mass is 16.5. The quantitative estimate of drug-likeness (QED) is 0.608. The lowest BCUT2D eigenvalue weighted by molar-refractivity contribution is -0.142. The van der Waals surface area contributed by atoms with Gasteiger partial charge in [-0.3, -0.25) is 10.1 Å². The van der Waals surface area contributed by atoms with Gasteiger partial charge in [0.2, 0.25) is 0 Å². The molecule has 1 N–H and O–H groups in total. The van der Waals surface area contributed by atoms with Crippen LogP contribution in [0.3, 0.4) is 0 Å². The van der Waals surface area contributed by atoms with Crippen LogP contribution in [-0.4, -0.2) is 32.0 Å². The fraction of sp³-hybridized carbons (Fsp3) is 0.889. The molecule has 0 radical (unpaired) electrons. The van der Waals surface area contributed by atoms with Crippen molar-refractivity contribution in [3.05, 3.63) is 0 Å². The number of methoxy groups -OCH3 is 1. The van der Waals surface area contributed by atoms with Crippen molar-refractivity contribution in [2.45, 2.75) is 33.0 Å². The molecule has 0 aromatic rings. The predicted octanol–water partition coefficient (Wildman–Crippen LogP) is 0.520. The van der Waals surface area contributed by atoms with Crippen LogP contribution in [0.4, 0.5) is 0 Å². The van der Waals surface area contributed by atoms with Crippen molar-refractivity contribution < 1.29 is 14.3 Å². The maximum Gasteiger partial charge on any atom is 0.325 e. The van der Waals surface area contributed by atoms with E-state index in [1.54, 1.807) is 0 Å². The second-order valence-corrected chi connectivity index (χ2v) is 4.32. The van der Waals surface area contributed by atoms with Crippen molar-refractivity contribution in [3.63, 3.8) is 0 Å². The zero-order valence-electron chi connectivity index (χ0n) is 8.59. The molecular weight excluding hydrogens is 170 g/mol. The van der Waals surface area contributed by atoms with Gasteiger partial charge in [0.25, 0.3) is 0 Å². The molecular formula is C9H17NO3. The molecule has 76 valence electrons. The highest BCUT2D eigenvalue weighted by Gasteiger charge is 2.36. The highest BCUT2D eigenvalue weighted by Crippen LogP contribution is 2.24. The van der Waals surface area contributed by atoms with Gasteiger partial charge in [-0.25, -0.2) is 0 Å². The molecule has 0 aromatic carbocycles. The van der Waals surface area contributed by atoms with Gasteiger partial charge in [0.1, 0.15) is 12.3 Å². The number of carbonyl (C=O) groups excluding carboxylic acids is 1. The van der Waals surface area contributed by atoms with Crippen LogP contribution in [-0.2, 0) is 14.3 Å². The third-order valence-corrected chi connectivity index (χ3v) is 2.05. The minimum Gasteiger partial charge on any atom is -0.468 e. The first-order valence-corrected chi connectivity index (χ1v) is 4.40. The Morgan fingerprint density at radius 2 is 2.15 bits per heavy atom. The molecule has 1 aliphatic heterocycles. The van der Waals surface area contributed by atoms with Gasteiger partial charge in [0.15, 0.2) is 0 Å². The maximum atomic E-state index is 11.1. The Hall–Kier alpha value is -0.610. The summed E-state index contributed by atoms with van der Waals surface area (Å²) in [6.07, 6.45) is -0.0726. The molecule has 13 heavy (non-hydrogen) atoms. The van der Waals surface area contributed by atoms with Crippen molar-refractivity contribution in [1.82, 2.24) is 5.32 Å². The van der Waals surface area contributed by atoms with E-state index in [2.05, 4.69) is 30.8 Å². The summed E-state index contributed by atoms with van der Waals surface area (Å²) in [5, 5.41) is 3.08. The molecule has 0 spiro atoms. The van der Waals surface area contributed by atoms with Crippen LogP contribution in [0.1, 0.15) is 20.8 Å². The number of hydrogen-bond donors (Lipinski definition) is 1. The van der Waals surface area contributed by atoms with E-state index in [-0.39, 0.29) is 23.7 Å². The van der Waals surface area contributed by atoms with E-state index in [1.165, 1.54) is 7.11 Å².